The van der Waals surface area contributed by atoms with Gasteiger partial charge in [-0.05, 0) is 36.6 Å². The number of aliphatic hydroxyl groups is 1. The van der Waals surface area contributed by atoms with Gasteiger partial charge in [0.25, 0.3) is 0 Å². The van der Waals surface area contributed by atoms with Crippen LogP contribution in [-0.2, 0) is 0 Å². The lowest BCUT2D eigenvalue weighted by atomic mass is 9.94. The van der Waals surface area contributed by atoms with E-state index < -0.39 is 5.82 Å². The van der Waals surface area contributed by atoms with Gasteiger partial charge in [0.2, 0.25) is 0 Å². The minimum atomic E-state index is -0.412. The first-order chi connectivity index (χ1) is 6.49. The first-order valence-electron chi connectivity index (χ1n) is 4.55. The number of aliphatic hydroxyl groups excluding tert-OH is 1. The van der Waals surface area contributed by atoms with Gasteiger partial charge in [-0.3, -0.25) is 0 Å². The molecule has 14 heavy (non-hydrogen) atoms. The molecule has 0 aliphatic heterocycles. The summed E-state index contributed by atoms with van der Waals surface area (Å²) < 4.78 is 13.3. The topological polar surface area (TPSA) is 20.2 Å². The summed E-state index contributed by atoms with van der Waals surface area (Å²) in [5.41, 5.74) is 2.53. The van der Waals surface area contributed by atoms with Crippen LogP contribution in [0.25, 0.3) is 0 Å². The summed E-state index contributed by atoms with van der Waals surface area (Å²) in [6.45, 7) is 5.53. The van der Waals surface area contributed by atoms with Crippen LogP contribution in [0.1, 0.15) is 29.5 Å². The molecule has 3 heteroatoms. The third-order valence-corrected chi connectivity index (χ3v) is 2.94. The fourth-order valence-electron chi connectivity index (χ4n) is 1.54. The summed E-state index contributed by atoms with van der Waals surface area (Å²) >= 11 is 5.86. The van der Waals surface area contributed by atoms with Crippen LogP contribution in [0.2, 0.25) is 5.02 Å². The lowest BCUT2D eigenvalue weighted by molar-refractivity contribution is 0.272. The third-order valence-electron chi connectivity index (χ3n) is 2.55. The van der Waals surface area contributed by atoms with Crippen molar-refractivity contribution in [1.82, 2.24) is 0 Å². The van der Waals surface area contributed by atoms with Gasteiger partial charge in [-0.25, -0.2) is 4.39 Å². The van der Waals surface area contributed by atoms with Crippen molar-refractivity contribution < 1.29 is 9.50 Å². The minimum absolute atomic E-state index is 0.0244. The lowest BCUT2D eigenvalue weighted by Gasteiger charge is -2.16. The molecule has 1 unspecified atom stereocenters. The van der Waals surface area contributed by atoms with E-state index >= 15 is 0 Å². The molecule has 0 radical (unpaired) electrons. The summed E-state index contributed by atoms with van der Waals surface area (Å²) in [6.07, 6.45) is 0. The summed E-state index contributed by atoms with van der Waals surface area (Å²) in [6, 6.07) is 1.42. The highest BCUT2D eigenvalue weighted by Crippen LogP contribution is 2.31. The van der Waals surface area contributed by atoms with Crippen molar-refractivity contribution in [1.29, 1.82) is 0 Å². The number of rotatable bonds is 2. The van der Waals surface area contributed by atoms with Gasteiger partial charge >= 0.3 is 0 Å². The van der Waals surface area contributed by atoms with Gasteiger partial charge in [-0.2, -0.15) is 0 Å². The molecular weight excluding hydrogens is 203 g/mol. The van der Waals surface area contributed by atoms with Crippen molar-refractivity contribution in [2.24, 2.45) is 0 Å². The highest BCUT2D eigenvalue weighted by Gasteiger charge is 2.16. The van der Waals surface area contributed by atoms with E-state index in [2.05, 4.69) is 0 Å². The predicted octanol–water partition coefficient (Wildman–Crippen LogP) is 3.19. The van der Waals surface area contributed by atoms with Gasteiger partial charge in [0.15, 0.2) is 0 Å². The summed E-state index contributed by atoms with van der Waals surface area (Å²) in [5.74, 6) is -0.540. The average Bonchev–Trinajstić information content (AvgIpc) is 2.15. The fourth-order valence-corrected chi connectivity index (χ4v) is 1.93. The average molecular weight is 217 g/mol. The standard InChI is InChI=1S/C11H14ClFO/c1-6-4-9(13)11(12)10(8(6)3)7(2)5-14/h4,7,14H,5H2,1-3H3. The highest BCUT2D eigenvalue weighted by molar-refractivity contribution is 6.31. The highest BCUT2D eigenvalue weighted by atomic mass is 35.5. The molecule has 0 amide bonds. The maximum Gasteiger partial charge on any atom is 0.142 e. The molecule has 0 saturated carbocycles. The van der Waals surface area contributed by atoms with Crippen LogP contribution in [-0.4, -0.2) is 11.7 Å². The fraction of sp³-hybridized carbons (Fsp3) is 0.455. The van der Waals surface area contributed by atoms with Crippen molar-refractivity contribution in [2.75, 3.05) is 6.61 Å². The van der Waals surface area contributed by atoms with Crippen LogP contribution in [0.15, 0.2) is 6.07 Å². The molecule has 78 valence electrons. The zero-order chi connectivity index (χ0) is 10.9. The van der Waals surface area contributed by atoms with Crippen LogP contribution >= 0.6 is 11.6 Å². The van der Waals surface area contributed by atoms with E-state index in [1.54, 1.807) is 0 Å². The zero-order valence-corrected chi connectivity index (χ0v) is 9.32. The quantitative estimate of drug-likeness (QED) is 0.805. The number of hydrogen-bond acceptors (Lipinski definition) is 1. The monoisotopic (exact) mass is 216 g/mol. The number of hydrogen-bond donors (Lipinski definition) is 1. The van der Waals surface area contributed by atoms with E-state index in [-0.39, 0.29) is 17.5 Å². The van der Waals surface area contributed by atoms with E-state index in [0.717, 1.165) is 11.1 Å². The van der Waals surface area contributed by atoms with Crippen molar-refractivity contribution in [2.45, 2.75) is 26.7 Å². The smallest absolute Gasteiger partial charge is 0.142 e. The normalized spacial score (nSPS) is 13.0. The lowest BCUT2D eigenvalue weighted by Crippen LogP contribution is -2.05. The molecule has 0 bridgehead atoms. The van der Waals surface area contributed by atoms with Crippen molar-refractivity contribution in [3.05, 3.63) is 33.6 Å². The Hall–Kier alpha value is -0.600. The Morgan fingerprint density at radius 1 is 1.50 bits per heavy atom. The predicted molar refractivity (Wildman–Crippen MR) is 56.4 cm³/mol. The van der Waals surface area contributed by atoms with Gasteiger partial charge in [-0.15, -0.1) is 0 Å². The SMILES string of the molecule is Cc1cc(F)c(Cl)c(C(C)CO)c1C. The molecule has 1 atom stereocenters. The Labute approximate surface area is 88.5 Å². The van der Waals surface area contributed by atoms with Crippen LogP contribution in [0.4, 0.5) is 4.39 Å². The van der Waals surface area contributed by atoms with Gasteiger partial charge in [-0.1, -0.05) is 18.5 Å². The van der Waals surface area contributed by atoms with Crippen LogP contribution in [0.5, 0.6) is 0 Å². The zero-order valence-electron chi connectivity index (χ0n) is 8.56. The van der Waals surface area contributed by atoms with Crippen LogP contribution < -0.4 is 0 Å². The molecule has 0 heterocycles. The van der Waals surface area contributed by atoms with Crippen molar-refractivity contribution >= 4 is 11.6 Å². The van der Waals surface area contributed by atoms with Gasteiger partial charge < -0.3 is 5.11 Å². The molecule has 1 aromatic rings. The van der Waals surface area contributed by atoms with E-state index in [4.69, 9.17) is 16.7 Å². The van der Waals surface area contributed by atoms with Gasteiger partial charge in [0, 0.05) is 12.5 Å². The molecule has 0 aromatic heterocycles. The molecule has 0 spiro atoms. The molecular formula is C11H14ClFO. The summed E-state index contributed by atoms with van der Waals surface area (Å²) in [4.78, 5) is 0. The van der Waals surface area contributed by atoms with Crippen LogP contribution in [0, 0.1) is 19.7 Å². The maximum absolute atomic E-state index is 13.3. The van der Waals surface area contributed by atoms with E-state index in [1.165, 1.54) is 6.07 Å². The Kier molecular flexibility index (Phi) is 3.51. The molecule has 1 aromatic carbocycles. The maximum atomic E-state index is 13.3. The second kappa shape index (κ2) is 4.28. The third kappa shape index (κ3) is 1.91. The van der Waals surface area contributed by atoms with Gasteiger partial charge in [0.05, 0.1) is 5.02 Å². The first kappa shape index (κ1) is 11.5. The number of halogens is 2. The molecule has 1 rings (SSSR count). The Morgan fingerprint density at radius 3 is 2.57 bits per heavy atom. The number of aryl methyl sites for hydroxylation is 1. The molecule has 1 nitrogen and oxygen atoms in total. The second-order valence-electron chi connectivity index (χ2n) is 3.61. The van der Waals surface area contributed by atoms with Crippen molar-refractivity contribution in [3.8, 4) is 0 Å². The first-order valence-corrected chi connectivity index (χ1v) is 4.92. The van der Waals surface area contributed by atoms with E-state index in [0.29, 0.717) is 5.56 Å². The van der Waals surface area contributed by atoms with E-state index in [1.807, 2.05) is 20.8 Å². The Bertz CT molecular complexity index is 323. The minimum Gasteiger partial charge on any atom is -0.396 e. The molecule has 0 aliphatic rings. The number of benzene rings is 1. The molecule has 1 N–H and O–H groups in total. The Morgan fingerprint density at radius 2 is 2.07 bits per heavy atom. The second-order valence-corrected chi connectivity index (χ2v) is 3.99. The molecule has 0 aliphatic carbocycles. The molecule has 0 saturated heterocycles. The van der Waals surface area contributed by atoms with Crippen LogP contribution in [0.3, 0.4) is 0 Å². The summed E-state index contributed by atoms with van der Waals surface area (Å²) in [7, 11) is 0. The van der Waals surface area contributed by atoms with E-state index in [9.17, 15) is 4.39 Å². The largest absolute Gasteiger partial charge is 0.396 e. The Balaban J connectivity index is 3.39. The van der Waals surface area contributed by atoms with Gasteiger partial charge in [0.1, 0.15) is 5.82 Å². The molecule has 0 fully saturated rings. The van der Waals surface area contributed by atoms with Crippen molar-refractivity contribution in [3.63, 3.8) is 0 Å². The summed E-state index contributed by atoms with van der Waals surface area (Å²) in [5, 5.41) is 9.17.